The summed E-state index contributed by atoms with van der Waals surface area (Å²) in [5.41, 5.74) is 1.11. The van der Waals surface area contributed by atoms with Crippen LogP contribution in [-0.2, 0) is 21.1 Å². The average molecular weight is 492 g/mol. The summed E-state index contributed by atoms with van der Waals surface area (Å²) in [5, 5.41) is 0.417. The van der Waals surface area contributed by atoms with Crippen molar-refractivity contribution in [3.8, 4) is 0 Å². The molecule has 1 aliphatic heterocycles. The van der Waals surface area contributed by atoms with Crippen molar-refractivity contribution < 1.29 is 26.7 Å². The maximum Gasteiger partial charge on any atom is 0.410 e. The third-order valence-electron chi connectivity index (χ3n) is 6.04. The molecule has 0 aliphatic carbocycles. The smallest absolute Gasteiger partial charge is 0.410 e. The van der Waals surface area contributed by atoms with Gasteiger partial charge >= 0.3 is 6.09 Å². The zero-order valence-electron chi connectivity index (χ0n) is 19.3. The number of hydrogen-bond acceptors (Lipinski definition) is 5. The van der Waals surface area contributed by atoms with Crippen LogP contribution >= 0.6 is 0 Å². The number of piperidine rings is 1. The number of halogens is 2. The van der Waals surface area contributed by atoms with Crippen molar-refractivity contribution in [1.29, 1.82) is 0 Å². The first-order chi connectivity index (χ1) is 16.0. The number of hydrogen-bond donors (Lipinski definition) is 0. The number of carbonyl (C=O) groups is 1. The molecule has 0 atom stereocenters. The predicted molar refractivity (Wildman–Crippen MR) is 123 cm³/mol. The molecule has 1 saturated heterocycles. The number of rotatable bonds is 5. The first-order valence-corrected chi connectivity index (χ1v) is 13.0. The fraction of sp³-hybridized carbons (Fsp3) is 0.417. The molecule has 1 aliphatic rings. The van der Waals surface area contributed by atoms with E-state index in [0.29, 0.717) is 31.3 Å². The average Bonchev–Trinajstić information content (AvgIpc) is 3.17. The molecule has 0 N–H and O–H groups in total. The van der Waals surface area contributed by atoms with Crippen molar-refractivity contribution in [2.75, 3.05) is 19.3 Å². The topological polar surface area (TPSA) is 81.5 Å². The van der Waals surface area contributed by atoms with Gasteiger partial charge in [-0.15, -0.1) is 0 Å². The van der Waals surface area contributed by atoms with Gasteiger partial charge in [0.15, 0.2) is 9.84 Å². The van der Waals surface area contributed by atoms with Crippen molar-refractivity contribution >= 4 is 26.8 Å². The lowest BCUT2D eigenvalue weighted by molar-refractivity contribution is 0.0691. The molecule has 10 heteroatoms. The van der Waals surface area contributed by atoms with Crippen molar-refractivity contribution in [2.45, 2.75) is 50.2 Å². The van der Waals surface area contributed by atoms with E-state index >= 15 is 0 Å². The van der Waals surface area contributed by atoms with E-state index in [-0.39, 0.29) is 40.8 Å². The molecule has 4 rings (SSSR count). The highest BCUT2D eigenvalue weighted by molar-refractivity contribution is 7.90. The van der Waals surface area contributed by atoms with Gasteiger partial charge in [0.2, 0.25) is 0 Å². The van der Waals surface area contributed by atoms with Crippen LogP contribution < -0.4 is 0 Å². The summed E-state index contributed by atoms with van der Waals surface area (Å²) in [6.07, 6.45) is 5.10. The Balaban J connectivity index is 1.48. The number of ether oxygens (including phenoxy) is 1. The van der Waals surface area contributed by atoms with E-state index < -0.39 is 21.5 Å². The van der Waals surface area contributed by atoms with Crippen LogP contribution in [0.1, 0.15) is 43.9 Å². The van der Waals surface area contributed by atoms with E-state index in [9.17, 15) is 22.0 Å². The Morgan fingerprint density at radius 1 is 1.18 bits per heavy atom. The van der Waals surface area contributed by atoms with Crippen molar-refractivity contribution in [3.05, 3.63) is 59.6 Å². The molecule has 0 unspecified atom stereocenters. The Bertz CT molecular complexity index is 1330. The maximum absolute atomic E-state index is 14.9. The monoisotopic (exact) mass is 491 g/mol. The van der Waals surface area contributed by atoms with Crippen LogP contribution in [0.5, 0.6) is 0 Å². The van der Waals surface area contributed by atoms with E-state index in [0.717, 1.165) is 17.9 Å². The zero-order valence-corrected chi connectivity index (χ0v) is 20.1. The highest BCUT2D eigenvalue weighted by Crippen LogP contribution is 2.30. The molecule has 1 amide bonds. The molecule has 7 nitrogen and oxygen atoms in total. The Morgan fingerprint density at radius 2 is 1.88 bits per heavy atom. The fourth-order valence-electron chi connectivity index (χ4n) is 4.27. The number of amides is 1. The van der Waals surface area contributed by atoms with Crippen molar-refractivity contribution in [3.63, 3.8) is 0 Å². The highest BCUT2D eigenvalue weighted by Gasteiger charge is 2.26. The van der Waals surface area contributed by atoms with Gasteiger partial charge < -0.3 is 14.2 Å². The summed E-state index contributed by atoms with van der Waals surface area (Å²) < 4.78 is 59.9. The molecule has 0 saturated carbocycles. The summed E-state index contributed by atoms with van der Waals surface area (Å²) >= 11 is 0. The molecule has 3 aromatic rings. The Labute approximate surface area is 197 Å². The molecule has 2 aromatic heterocycles. The van der Waals surface area contributed by atoms with Gasteiger partial charge in [-0.1, -0.05) is 0 Å². The summed E-state index contributed by atoms with van der Waals surface area (Å²) in [7, 11) is -3.55. The molecule has 34 heavy (non-hydrogen) atoms. The Morgan fingerprint density at radius 3 is 2.50 bits per heavy atom. The molecule has 0 spiro atoms. The first kappa shape index (κ1) is 24.1. The molecule has 3 heterocycles. The summed E-state index contributed by atoms with van der Waals surface area (Å²) in [6, 6.07) is 5.43. The van der Waals surface area contributed by atoms with E-state index in [1.165, 1.54) is 16.7 Å². The van der Waals surface area contributed by atoms with Crippen molar-refractivity contribution in [2.24, 2.45) is 0 Å². The predicted octanol–water partition coefficient (Wildman–Crippen LogP) is 4.49. The Hall–Kier alpha value is -3.01. The second-order valence-electron chi connectivity index (χ2n) is 8.95. The summed E-state index contributed by atoms with van der Waals surface area (Å²) in [5.74, 6) is -1.10. The minimum atomic E-state index is -3.55. The van der Waals surface area contributed by atoms with Crippen molar-refractivity contribution in [1.82, 2.24) is 14.5 Å². The third-order valence-corrected chi connectivity index (χ3v) is 7.13. The first-order valence-electron chi connectivity index (χ1n) is 11.1. The number of fused-ring (bicyclic) bond motifs is 1. The molecular weight excluding hydrogens is 464 g/mol. The van der Waals surface area contributed by atoms with Crippen LogP contribution in [0.2, 0.25) is 0 Å². The van der Waals surface area contributed by atoms with Gasteiger partial charge in [-0.2, -0.15) is 0 Å². The van der Waals surface area contributed by atoms with Crippen LogP contribution in [0.15, 0.2) is 41.6 Å². The van der Waals surface area contributed by atoms with Crippen LogP contribution in [0, 0.1) is 11.6 Å². The lowest BCUT2D eigenvalue weighted by Crippen LogP contribution is -2.39. The van der Waals surface area contributed by atoms with E-state index in [4.69, 9.17) is 4.74 Å². The van der Waals surface area contributed by atoms with Gasteiger partial charge in [-0.05, 0) is 62.4 Å². The van der Waals surface area contributed by atoms with Gasteiger partial charge in [-0.3, -0.25) is 4.98 Å². The van der Waals surface area contributed by atoms with Crippen LogP contribution in [0.25, 0.3) is 10.9 Å². The SMILES string of the molecule is CC(C)OC(=O)N1CCC(c2cnc(Cn3ccc4cc(S(C)(=O)=O)cc(F)c43)c(F)c2)CC1. The summed E-state index contributed by atoms with van der Waals surface area (Å²) in [4.78, 5) is 17.9. The fourth-order valence-corrected chi connectivity index (χ4v) is 4.93. The van der Waals surface area contributed by atoms with Gasteiger partial charge in [-0.25, -0.2) is 22.0 Å². The number of likely N-dealkylation sites (tertiary alicyclic amines) is 1. The Kier molecular flexibility index (Phi) is 6.62. The van der Waals surface area contributed by atoms with E-state index in [1.807, 2.05) is 0 Å². The third kappa shape index (κ3) is 5.06. The minimum absolute atomic E-state index is 0.00421. The number of pyridine rings is 1. The number of benzene rings is 1. The lowest BCUT2D eigenvalue weighted by Gasteiger charge is -2.32. The zero-order chi connectivity index (χ0) is 24.6. The number of nitrogens with zero attached hydrogens (tertiary/aromatic N) is 3. The van der Waals surface area contributed by atoms with E-state index in [1.54, 1.807) is 37.2 Å². The van der Waals surface area contributed by atoms with Crippen LogP contribution in [0.3, 0.4) is 0 Å². The second-order valence-corrected chi connectivity index (χ2v) is 11.0. The second kappa shape index (κ2) is 9.32. The maximum atomic E-state index is 14.9. The van der Waals surface area contributed by atoms with Crippen LogP contribution in [-0.4, -0.2) is 54.4 Å². The molecule has 0 radical (unpaired) electrons. The van der Waals surface area contributed by atoms with Crippen LogP contribution in [0.4, 0.5) is 13.6 Å². The largest absolute Gasteiger partial charge is 0.447 e. The molecular formula is C24H27F2N3O4S. The molecule has 1 fully saturated rings. The van der Waals surface area contributed by atoms with E-state index in [2.05, 4.69) is 4.98 Å². The normalized spacial score (nSPS) is 15.3. The standard InChI is InChI=1S/C24H27F2N3O4S/c1-15(2)33-24(30)28-7-4-16(5-8-28)18-11-20(25)22(27-13-18)14-29-9-6-17-10-19(34(3,31)32)12-21(26)23(17)29/h6,9-13,15-16H,4-5,7-8,14H2,1-3H3. The number of aromatic nitrogens is 2. The minimum Gasteiger partial charge on any atom is -0.447 e. The molecule has 0 bridgehead atoms. The highest BCUT2D eigenvalue weighted by atomic mass is 32.2. The quantitative estimate of drug-likeness (QED) is 0.525. The van der Waals surface area contributed by atoms with Gasteiger partial charge in [0, 0.05) is 37.1 Å². The van der Waals surface area contributed by atoms with Gasteiger partial charge in [0.1, 0.15) is 11.6 Å². The van der Waals surface area contributed by atoms with Gasteiger partial charge in [0.05, 0.1) is 28.8 Å². The summed E-state index contributed by atoms with van der Waals surface area (Å²) in [6.45, 7) is 4.68. The van der Waals surface area contributed by atoms with Gasteiger partial charge in [0.25, 0.3) is 0 Å². The number of carbonyl (C=O) groups excluding carboxylic acids is 1. The lowest BCUT2D eigenvalue weighted by atomic mass is 9.90. The molecule has 1 aromatic carbocycles. The molecule has 182 valence electrons. The number of sulfone groups is 1.